The van der Waals surface area contributed by atoms with E-state index in [1.807, 2.05) is 0 Å². The Morgan fingerprint density at radius 1 is 1.29 bits per heavy atom. The standard InChI is InChI=1S/C14H28N2O/c1-3-4-5-6-7-10-16-11-8-9-14(12-16)15-13(2)17/h14H,3-12H2,1-2H3,(H,15,17)/t14-/m1/s1. The molecule has 1 atom stereocenters. The van der Waals surface area contributed by atoms with E-state index in [4.69, 9.17) is 0 Å². The SMILES string of the molecule is CCCCCCCN1CCC[C@@H](NC(C)=O)C1. The lowest BCUT2D eigenvalue weighted by Crippen LogP contribution is -2.47. The van der Waals surface area contributed by atoms with Gasteiger partial charge in [0.15, 0.2) is 0 Å². The third-order valence-electron chi connectivity index (χ3n) is 3.49. The largest absolute Gasteiger partial charge is 0.352 e. The Balaban J connectivity index is 2.09. The van der Waals surface area contributed by atoms with Crippen LogP contribution in [-0.2, 0) is 4.79 Å². The van der Waals surface area contributed by atoms with Gasteiger partial charge in [-0.25, -0.2) is 0 Å². The Hall–Kier alpha value is -0.570. The first-order chi connectivity index (χ1) is 8.22. The van der Waals surface area contributed by atoms with E-state index in [0.29, 0.717) is 6.04 Å². The second kappa shape index (κ2) is 8.51. The molecule has 0 aromatic rings. The number of hydrogen-bond donors (Lipinski definition) is 1. The van der Waals surface area contributed by atoms with Crippen molar-refractivity contribution in [3.05, 3.63) is 0 Å². The maximum Gasteiger partial charge on any atom is 0.217 e. The molecule has 1 rings (SSSR count). The van der Waals surface area contributed by atoms with Crippen molar-refractivity contribution in [1.29, 1.82) is 0 Å². The van der Waals surface area contributed by atoms with Crippen LogP contribution >= 0.6 is 0 Å². The summed E-state index contributed by atoms with van der Waals surface area (Å²) in [6.45, 7) is 7.34. The van der Waals surface area contributed by atoms with Gasteiger partial charge in [-0.15, -0.1) is 0 Å². The van der Waals surface area contributed by atoms with Crippen molar-refractivity contribution >= 4 is 5.91 Å². The molecule has 1 N–H and O–H groups in total. The number of carbonyl (C=O) groups excluding carboxylic acids is 1. The van der Waals surface area contributed by atoms with E-state index in [9.17, 15) is 4.79 Å². The van der Waals surface area contributed by atoms with Gasteiger partial charge in [-0.1, -0.05) is 32.6 Å². The molecule has 0 saturated carbocycles. The van der Waals surface area contributed by atoms with E-state index < -0.39 is 0 Å². The van der Waals surface area contributed by atoms with Crippen LogP contribution in [0.3, 0.4) is 0 Å². The first-order valence-corrected chi connectivity index (χ1v) is 7.22. The van der Waals surface area contributed by atoms with E-state index in [-0.39, 0.29) is 5.91 Å². The van der Waals surface area contributed by atoms with Crippen molar-refractivity contribution < 1.29 is 4.79 Å². The van der Waals surface area contributed by atoms with E-state index in [2.05, 4.69) is 17.1 Å². The predicted octanol–water partition coefficient (Wildman–Crippen LogP) is 2.56. The maximum atomic E-state index is 11.0. The number of rotatable bonds is 7. The van der Waals surface area contributed by atoms with Crippen molar-refractivity contribution in [2.75, 3.05) is 19.6 Å². The number of likely N-dealkylation sites (tertiary alicyclic amines) is 1. The third kappa shape index (κ3) is 6.67. The number of nitrogens with one attached hydrogen (secondary N) is 1. The lowest BCUT2D eigenvalue weighted by atomic mass is 10.0. The summed E-state index contributed by atoms with van der Waals surface area (Å²) in [5, 5.41) is 3.04. The van der Waals surface area contributed by atoms with Crippen LogP contribution < -0.4 is 5.32 Å². The van der Waals surface area contributed by atoms with E-state index >= 15 is 0 Å². The second-order valence-corrected chi connectivity index (χ2v) is 5.25. The van der Waals surface area contributed by atoms with Crippen molar-refractivity contribution in [1.82, 2.24) is 10.2 Å². The minimum Gasteiger partial charge on any atom is -0.352 e. The number of unbranched alkanes of at least 4 members (excludes halogenated alkanes) is 4. The molecule has 3 heteroatoms. The highest BCUT2D eigenvalue weighted by Crippen LogP contribution is 2.12. The summed E-state index contributed by atoms with van der Waals surface area (Å²) in [5.41, 5.74) is 0. The minimum absolute atomic E-state index is 0.111. The minimum atomic E-state index is 0.111. The summed E-state index contributed by atoms with van der Waals surface area (Å²) in [6.07, 6.45) is 9.09. The zero-order valence-corrected chi connectivity index (χ0v) is 11.5. The van der Waals surface area contributed by atoms with Gasteiger partial charge in [0.1, 0.15) is 0 Å². The quantitative estimate of drug-likeness (QED) is 0.694. The topological polar surface area (TPSA) is 32.3 Å². The van der Waals surface area contributed by atoms with Crippen LogP contribution in [0.15, 0.2) is 0 Å². The van der Waals surface area contributed by atoms with Crippen LogP contribution in [0.1, 0.15) is 58.8 Å². The Kier molecular flexibility index (Phi) is 7.25. The smallest absolute Gasteiger partial charge is 0.217 e. The molecular weight excluding hydrogens is 212 g/mol. The predicted molar refractivity (Wildman–Crippen MR) is 72.0 cm³/mol. The Labute approximate surface area is 106 Å². The highest BCUT2D eigenvalue weighted by Gasteiger charge is 2.19. The number of piperidine rings is 1. The summed E-state index contributed by atoms with van der Waals surface area (Å²) in [7, 11) is 0. The molecule has 1 aliphatic heterocycles. The molecule has 1 fully saturated rings. The van der Waals surface area contributed by atoms with E-state index in [1.54, 1.807) is 6.92 Å². The van der Waals surface area contributed by atoms with Crippen LogP contribution in [0, 0.1) is 0 Å². The maximum absolute atomic E-state index is 11.0. The molecule has 1 saturated heterocycles. The summed E-state index contributed by atoms with van der Waals surface area (Å²) in [6, 6.07) is 0.386. The van der Waals surface area contributed by atoms with Gasteiger partial charge in [0.25, 0.3) is 0 Å². The molecule has 0 bridgehead atoms. The van der Waals surface area contributed by atoms with Crippen molar-refractivity contribution in [3.8, 4) is 0 Å². The van der Waals surface area contributed by atoms with Crippen molar-refractivity contribution in [3.63, 3.8) is 0 Å². The van der Waals surface area contributed by atoms with Crippen LogP contribution in [0.5, 0.6) is 0 Å². The van der Waals surface area contributed by atoms with Crippen LogP contribution in [0.2, 0.25) is 0 Å². The average molecular weight is 240 g/mol. The molecule has 3 nitrogen and oxygen atoms in total. The fourth-order valence-electron chi connectivity index (χ4n) is 2.60. The molecule has 100 valence electrons. The zero-order chi connectivity index (χ0) is 12.5. The van der Waals surface area contributed by atoms with Gasteiger partial charge in [0.2, 0.25) is 5.91 Å². The van der Waals surface area contributed by atoms with E-state index in [0.717, 1.165) is 13.0 Å². The number of amides is 1. The van der Waals surface area contributed by atoms with E-state index in [1.165, 1.54) is 51.6 Å². The Morgan fingerprint density at radius 2 is 2.06 bits per heavy atom. The number of nitrogens with zero attached hydrogens (tertiary/aromatic N) is 1. The lowest BCUT2D eigenvalue weighted by molar-refractivity contribution is -0.120. The monoisotopic (exact) mass is 240 g/mol. The average Bonchev–Trinajstić information content (AvgIpc) is 2.28. The molecule has 0 spiro atoms. The summed E-state index contributed by atoms with van der Waals surface area (Å²) in [5.74, 6) is 0.111. The summed E-state index contributed by atoms with van der Waals surface area (Å²) >= 11 is 0. The van der Waals surface area contributed by atoms with Crippen LogP contribution in [-0.4, -0.2) is 36.5 Å². The molecule has 0 aliphatic carbocycles. The Bertz CT molecular complexity index is 218. The molecule has 0 aromatic carbocycles. The van der Waals surface area contributed by atoms with Crippen LogP contribution in [0.25, 0.3) is 0 Å². The molecule has 1 heterocycles. The van der Waals surface area contributed by atoms with Gasteiger partial charge in [0.05, 0.1) is 0 Å². The van der Waals surface area contributed by atoms with Crippen LogP contribution in [0.4, 0.5) is 0 Å². The molecule has 1 amide bonds. The fraction of sp³-hybridized carbons (Fsp3) is 0.929. The molecule has 0 unspecified atom stereocenters. The van der Waals surface area contributed by atoms with Gasteiger partial charge in [-0.2, -0.15) is 0 Å². The van der Waals surface area contributed by atoms with Crippen molar-refractivity contribution in [2.24, 2.45) is 0 Å². The first kappa shape index (κ1) is 14.5. The number of hydrogen-bond acceptors (Lipinski definition) is 2. The summed E-state index contributed by atoms with van der Waals surface area (Å²) in [4.78, 5) is 13.5. The molecule has 17 heavy (non-hydrogen) atoms. The normalized spacial score (nSPS) is 21.4. The highest BCUT2D eigenvalue weighted by atomic mass is 16.1. The van der Waals surface area contributed by atoms with Gasteiger partial charge in [-0.3, -0.25) is 4.79 Å². The van der Waals surface area contributed by atoms with Crippen molar-refractivity contribution in [2.45, 2.75) is 64.8 Å². The molecule has 1 aliphatic rings. The van der Waals surface area contributed by atoms with Gasteiger partial charge in [-0.05, 0) is 32.4 Å². The zero-order valence-electron chi connectivity index (χ0n) is 11.5. The first-order valence-electron chi connectivity index (χ1n) is 7.22. The number of carbonyl (C=O) groups is 1. The van der Waals surface area contributed by atoms with Gasteiger partial charge < -0.3 is 10.2 Å². The Morgan fingerprint density at radius 3 is 2.76 bits per heavy atom. The molecular formula is C14H28N2O. The third-order valence-corrected chi connectivity index (χ3v) is 3.49. The highest BCUT2D eigenvalue weighted by molar-refractivity contribution is 5.73. The van der Waals surface area contributed by atoms with Gasteiger partial charge in [0, 0.05) is 19.5 Å². The molecule has 0 aromatic heterocycles. The second-order valence-electron chi connectivity index (χ2n) is 5.25. The fourth-order valence-corrected chi connectivity index (χ4v) is 2.60. The lowest BCUT2D eigenvalue weighted by Gasteiger charge is -2.32. The molecule has 0 radical (unpaired) electrons. The summed E-state index contributed by atoms with van der Waals surface area (Å²) < 4.78 is 0. The van der Waals surface area contributed by atoms with Gasteiger partial charge >= 0.3 is 0 Å².